The molecule has 3 aromatic carbocycles. The van der Waals surface area contributed by atoms with Crippen LogP contribution in [0.3, 0.4) is 0 Å². The molecule has 37 heavy (non-hydrogen) atoms. The summed E-state index contributed by atoms with van der Waals surface area (Å²) in [5, 5.41) is 13.2. The Morgan fingerprint density at radius 3 is 1.73 bits per heavy atom. The molecule has 0 radical (unpaired) electrons. The maximum absolute atomic E-state index is 13.0. The second kappa shape index (κ2) is 8.04. The largest absolute Gasteiger partial charge is 0.369 e. The van der Waals surface area contributed by atoms with E-state index in [4.69, 9.17) is 0 Å². The molecule has 1 N–H and O–H groups in total. The highest BCUT2D eigenvalue weighted by atomic mass is 16.3. The van der Waals surface area contributed by atoms with Crippen LogP contribution in [-0.4, -0.2) is 47.5 Å². The molecule has 8 heteroatoms. The van der Waals surface area contributed by atoms with Gasteiger partial charge in [-0.3, -0.25) is 4.79 Å². The van der Waals surface area contributed by atoms with Crippen molar-refractivity contribution >= 4 is 27.7 Å². The fourth-order valence-electron chi connectivity index (χ4n) is 5.40. The number of carbonyl (C=O) groups excluding carboxylic acids is 1. The standard InChI is InChI=1S/C29H20N6O2/c1-34-28(36)23-9-4-10-24(25(23)29(34)37)35-26-19(17-11-30-15-31-12-17)5-2-7-21(26)22-8-3-6-20(27(22)35)18-13-32-16-33-14-18/h2-16,29,37H,1H3. The average Bonchev–Trinajstić information content (AvgIpc) is 3.41. The van der Waals surface area contributed by atoms with E-state index in [9.17, 15) is 9.90 Å². The van der Waals surface area contributed by atoms with Gasteiger partial charge in [0.1, 0.15) is 12.7 Å². The fraction of sp³-hybridized carbons (Fsp3) is 0.0690. The zero-order valence-corrected chi connectivity index (χ0v) is 19.8. The highest BCUT2D eigenvalue weighted by Crippen LogP contribution is 2.44. The lowest BCUT2D eigenvalue weighted by Gasteiger charge is -2.19. The summed E-state index contributed by atoms with van der Waals surface area (Å²) in [6, 6.07) is 17.9. The molecule has 1 atom stereocenters. The van der Waals surface area contributed by atoms with E-state index < -0.39 is 6.23 Å². The minimum Gasteiger partial charge on any atom is -0.369 e. The lowest BCUT2D eigenvalue weighted by Crippen LogP contribution is -2.22. The first-order valence-corrected chi connectivity index (χ1v) is 11.8. The molecule has 178 valence electrons. The van der Waals surface area contributed by atoms with Crippen LogP contribution >= 0.6 is 0 Å². The first kappa shape index (κ1) is 21.3. The van der Waals surface area contributed by atoms with E-state index in [0.717, 1.165) is 49.7 Å². The maximum Gasteiger partial charge on any atom is 0.256 e. The van der Waals surface area contributed by atoms with Crippen LogP contribution in [0.4, 0.5) is 0 Å². The highest BCUT2D eigenvalue weighted by molar-refractivity contribution is 6.17. The van der Waals surface area contributed by atoms with Crippen LogP contribution in [0.25, 0.3) is 49.7 Å². The predicted octanol–water partition coefficient (Wildman–Crippen LogP) is 4.77. The van der Waals surface area contributed by atoms with E-state index in [1.54, 1.807) is 37.9 Å². The summed E-state index contributed by atoms with van der Waals surface area (Å²) < 4.78 is 2.14. The Balaban J connectivity index is 1.70. The van der Waals surface area contributed by atoms with Gasteiger partial charge in [0.05, 0.1) is 16.7 Å². The summed E-state index contributed by atoms with van der Waals surface area (Å²) in [4.78, 5) is 31.3. The monoisotopic (exact) mass is 484 g/mol. The van der Waals surface area contributed by atoms with Gasteiger partial charge in [-0.1, -0.05) is 42.5 Å². The molecule has 6 aromatic rings. The smallest absolute Gasteiger partial charge is 0.256 e. The summed E-state index contributed by atoms with van der Waals surface area (Å²) in [6.45, 7) is 0. The molecule has 1 aliphatic heterocycles. The van der Waals surface area contributed by atoms with Crippen molar-refractivity contribution in [2.75, 3.05) is 7.05 Å². The Bertz CT molecular complexity index is 1740. The van der Waals surface area contributed by atoms with Gasteiger partial charge >= 0.3 is 0 Å². The summed E-state index contributed by atoms with van der Waals surface area (Å²) in [7, 11) is 1.61. The Morgan fingerprint density at radius 1 is 0.703 bits per heavy atom. The number of hydrogen-bond acceptors (Lipinski definition) is 6. The third-order valence-corrected chi connectivity index (χ3v) is 7.05. The molecule has 0 bridgehead atoms. The summed E-state index contributed by atoms with van der Waals surface area (Å²) in [6.07, 6.45) is 9.11. The van der Waals surface area contributed by atoms with Gasteiger partial charge in [0, 0.05) is 76.0 Å². The molecule has 0 spiro atoms. The lowest BCUT2D eigenvalue weighted by molar-refractivity contribution is 0.0302. The topological polar surface area (TPSA) is 97.0 Å². The molecular weight excluding hydrogens is 464 g/mol. The second-order valence-corrected chi connectivity index (χ2v) is 9.02. The van der Waals surface area contributed by atoms with Gasteiger partial charge in [0.15, 0.2) is 6.23 Å². The molecule has 0 saturated carbocycles. The van der Waals surface area contributed by atoms with Crippen LogP contribution < -0.4 is 0 Å². The van der Waals surface area contributed by atoms with Gasteiger partial charge < -0.3 is 14.6 Å². The highest BCUT2D eigenvalue weighted by Gasteiger charge is 2.36. The van der Waals surface area contributed by atoms with Crippen LogP contribution in [0.1, 0.15) is 22.1 Å². The van der Waals surface area contributed by atoms with E-state index >= 15 is 0 Å². The molecule has 0 saturated heterocycles. The van der Waals surface area contributed by atoms with Gasteiger partial charge in [0.2, 0.25) is 0 Å². The van der Waals surface area contributed by atoms with Crippen molar-refractivity contribution in [2.45, 2.75) is 6.23 Å². The normalized spacial score (nSPS) is 15.0. The molecule has 0 fully saturated rings. The zero-order valence-electron chi connectivity index (χ0n) is 19.8. The van der Waals surface area contributed by atoms with E-state index in [1.807, 2.05) is 36.4 Å². The van der Waals surface area contributed by atoms with Gasteiger partial charge in [-0.05, 0) is 12.1 Å². The summed E-state index contributed by atoms with van der Waals surface area (Å²) >= 11 is 0. The molecule has 0 aliphatic carbocycles. The minimum absolute atomic E-state index is 0.210. The van der Waals surface area contributed by atoms with Crippen molar-refractivity contribution in [1.29, 1.82) is 0 Å². The molecule has 1 aliphatic rings. The lowest BCUT2D eigenvalue weighted by atomic mass is 10.0. The quantitative estimate of drug-likeness (QED) is 0.389. The number of fused-ring (bicyclic) bond motifs is 4. The van der Waals surface area contributed by atoms with Crippen molar-refractivity contribution in [3.8, 4) is 27.9 Å². The molecule has 1 amide bonds. The number of amides is 1. The van der Waals surface area contributed by atoms with Crippen LogP contribution in [0.5, 0.6) is 0 Å². The summed E-state index contributed by atoms with van der Waals surface area (Å²) in [5.41, 5.74) is 7.26. The molecule has 1 unspecified atom stereocenters. The summed E-state index contributed by atoms with van der Waals surface area (Å²) in [5.74, 6) is -0.210. The number of aliphatic hydroxyl groups excluding tert-OH is 1. The van der Waals surface area contributed by atoms with E-state index in [1.165, 1.54) is 17.6 Å². The van der Waals surface area contributed by atoms with Crippen LogP contribution in [-0.2, 0) is 0 Å². The number of aromatic nitrogens is 5. The van der Waals surface area contributed by atoms with Crippen molar-refractivity contribution in [3.05, 3.63) is 103 Å². The van der Waals surface area contributed by atoms with Crippen molar-refractivity contribution < 1.29 is 9.90 Å². The molecule has 8 nitrogen and oxygen atoms in total. The van der Waals surface area contributed by atoms with Crippen molar-refractivity contribution in [3.63, 3.8) is 0 Å². The average molecular weight is 485 g/mol. The fourth-order valence-corrected chi connectivity index (χ4v) is 5.40. The van der Waals surface area contributed by atoms with E-state index in [0.29, 0.717) is 11.1 Å². The van der Waals surface area contributed by atoms with Gasteiger partial charge in [0.25, 0.3) is 5.91 Å². The first-order valence-electron chi connectivity index (χ1n) is 11.8. The molecule has 3 aromatic heterocycles. The number of benzene rings is 3. The number of rotatable bonds is 3. The zero-order chi connectivity index (χ0) is 25.1. The van der Waals surface area contributed by atoms with Crippen molar-refractivity contribution in [1.82, 2.24) is 29.4 Å². The Labute approximate surface area is 211 Å². The molecular formula is C29H20N6O2. The maximum atomic E-state index is 13.0. The SMILES string of the molecule is CN1C(=O)c2cccc(-n3c4c(-c5cncnc5)cccc4c4cccc(-c5cncnc5)c43)c2C1O. The van der Waals surface area contributed by atoms with Gasteiger partial charge in [-0.15, -0.1) is 0 Å². The first-order chi connectivity index (χ1) is 18.1. The Hall–Kier alpha value is -4.95. The molecule has 7 rings (SSSR count). The van der Waals surface area contributed by atoms with E-state index in [2.05, 4.69) is 36.6 Å². The number of hydrogen-bond donors (Lipinski definition) is 1. The third-order valence-electron chi connectivity index (χ3n) is 7.05. The van der Waals surface area contributed by atoms with Crippen LogP contribution in [0.15, 0.2) is 92.0 Å². The number of carbonyl (C=O) groups is 1. The molecule has 4 heterocycles. The number of nitrogens with zero attached hydrogens (tertiary/aromatic N) is 6. The third kappa shape index (κ3) is 3.03. The minimum atomic E-state index is -1.06. The van der Waals surface area contributed by atoms with Crippen LogP contribution in [0.2, 0.25) is 0 Å². The number of para-hydroxylation sites is 2. The van der Waals surface area contributed by atoms with Gasteiger partial charge in [-0.2, -0.15) is 0 Å². The van der Waals surface area contributed by atoms with Gasteiger partial charge in [-0.25, -0.2) is 19.9 Å². The Kier molecular flexibility index (Phi) is 4.64. The second-order valence-electron chi connectivity index (χ2n) is 9.02. The van der Waals surface area contributed by atoms with E-state index in [-0.39, 0.29) is 5.91 Å². The Morgan fingerprint density at radius 2 is 1.19 bits per heavy atom. The predicted molar refractivity (Wildman–Crippen MR) is 140 cm³/mol. The number of aliphatic hydroxyl groups is 1. The van der Waals surface area contributed by atoms with Crippen molar-refractivity contribution in [2.24, 2.45) is 0 Å². The van der Waals surface area contributed by atoms with Crippen LogP contribution in [0, 0.1) is 0 Å².